The highest BCUT2D eigenvalue weighted by atomic mass is 16.5. The molecular weight excluding hydrogens is 348 g/mol. The summed E-state index contributed by atoms with van der Waals surface area (Å²) in [7, 11) is 0. The molecule has 154 valence electrons. The third-order valence-corrected chi connectivity index (χ3v) is 6.16. The fourth-order valence-electron chi connectivity index (χ4n) is 4.47. The molecule has 3 fully saturated rings. The smallest absolute Gasteiger partial charge is 0.317 e. The molecular formula is C19H34N4O4. The molecule has 1 saturated carbocycles. The van der Waals surface area contributed by atoms with Gasteiger partial charge in [-0.1, -0.05) is 6.92 Å². The molecule has 0 aromatic rings. The summed E-state index contributed by atoms with van der Waals surface area (Å²) in [5, 5.41) is 12.2. The third-order valence-electron chi connectivity index (χ3n) is 6.16. The standard InChI is InChI=1S/C19H34N4O4/c1-2-22(14-18(24)25)17-11-15(12-17)20-19(26)23-6-4-3-5-16(23)13-21-7-9-27-10-8-21/h15-17H,2-14H2,1H3,(H,20,26)(H,24,25). The highest BCUT2D eigenvalue weighted by molar-refractivity contribution is 5.75. The molecule has 2 saturated heterocycles. The monoisotopic (exact) mass is 382 g/mol. The SMILES string of the molecule is CCN(CC(=O)O)C1CC(NC(=O)N2CCCCC2CN2CCOCC2)C1. The number of carboxylic acids is 1. The lowest BCUT2D eigenvalue weighted by atomic mass is 9.85. The predicted octanol–water partition coefficient (Wildman–Crippen LogP) is 0.820. The quantitative estimate of drug-likeness (QED) is 0.678. The summed E-state index contributed by atoms with van der Waals surface area (Å²) in [4.78, 5) is 30.2. The van der Waals surface area contributed by atoms with Crippen molar-refractivity contribution in [2.24, 2.45) is 0 Å². The van der Waals surface area contributed by atoms with Gasteiger partial charge >= 0.3 is 12.0 Å². The summed E-state index contributed by atoms with van der Waals surface area (Å²) in [5.74, 6) is -0.788. The van der Waals surface area contributed by atoms with Crippen molar-refractivity contribution < 1.29 is 19.4 Å². The van der Waals surface area contributed by atoms with Crippen LogP contribution in [0.2, 0.25) is 0 Å². The molecule has 8 heteroatoms. The highest BCUT2D eigenvalue weighted by Gasteiger charge is 2.37. The molecule has 0 radical (unpaired) electrons. The number of urea groups is 1. The molecule has 2 heterocycles. The van der Waals surface area contributed by atoms with E-state index in [0.717, 1.165) is 71.6 Å². The lowest BCUT2D eigenvalue weighted by Gasteiger charge is -2.44. The first kappa shape index (κ1) is 20.4. The van der Waals surface area contributed by atoms with Crippen molar-refractivity contribution in [3.63, 3.8) is 0 Å². The number of likely N-dealkylation sites (N-methyl/N-ethyl adjacent to an activating group) is 1. The lowest BCUT2D eigenvalue weighted by Crippen LogP contribution is -2.59. The largest absolute Gasteiger partial charge is 0.480 e. The summed E-state index contributed by atoms with van der Waals surface area (Å²) in [6.07, 6.45) is 5.01. The number of morpholine rings is 1. The molecule has 2 aliphatic heterocycles. The third kappa shape index (κ3) is 5.56. The second-order valence-electron chi connectivity index (χ2n) is 7.98. The molecule has 0 spiro atoms. The minimum atomic E-state index is -0.788. The molecule has 3 rings (SSSR count). The van der Waals surface area contributed by atoms with E-state index in [9.17, 15) is 9.59 Å². The van der Waals surface area contributed by atoms with Gasteiger partial charge in [-0.15, -0.1) is 0 Å². The number of likely N-dealkylation sites (tertiary alicyclic amines) is 1. The van der Waals surface area contributed by atoms with Crippen LogP contribution in [0.15, 0.2) is 0 Å². The van der Waals surface area contributed by atoms with Crippen molar-refractivity contribution in [2.45, 2.75) is 57.2 Å². The Kier molecular flexibility index (Phi) is 7.32. The number of aliphatic carboxylic acids is 1. The van der Waals surface area contributed by atoms with Crippen LogP contribution in [0.4, 0.5) is 4.79 Å². The van der Waals surface area contributed by atoms with Crippen LogP contribution in [0, 0.1) is 0 Å². The molecule has 2 N–H and O–H groups in total. The van der Waals surface area contributed by atoms with E-state index >= 15 is 0 Å². The van der Waals surface area contributed by atoms with Gasteiger partial charge in [-0.2, -0.15) is 0 Å². The van der Waals surface area contributed by atoms with E-state index in [0.29, 0.717) is 0 Å². The number of piperidine rings is 1. The Balaban J connectivity index is 1.45. The first-order valence-corrected chi connectivity index (χ1v) is 10.4. The number of ether oxygens (including phenoxy) is 1. The van der Waals surface area contributed by atoms with E-state index in [-0.39, 0.29) is 30.7 Å². The summed E-state index contributed by atoms with van der Waals surface area (Å²) in [6, 6.07) is 0.766. The van der Waals surface area contributed by atoms with Crippen molar-refractivity contribution in [3.05, 3.63) is 0 Å². The zero-order chi connectivity index (χ0) is 19.2. The normalized spacial score (nSPS) is 29.4. The Bertz CT molecular complexity index is 506. The van der Waals surface area contributed by atoms with Crippen molar-refractivity contribution in [1.82, 2.24) is 20.0 Å². The highest BCUT2D eigenvalue weighted by Crippen LogP contribution is 2.26. The van der Waals surface area contributed by atoms with Gasteiger partial charge in [0.2, 0.25) is 0 Å². The van der Waals surface area contributed by atoms with Gasteiger partial charge in [0.25, 0.3) is 0 Å². The Morgan fingerprint density at radius 1 is 1.19 bits per heavy atom. The fourth-order valence-corrected chi connectivity index (χ4v) is 4.47. The Labute approximate surface area is 161 Å². The Hall–Kier alpha value is -1.38. The second kappa shape index (κ2) is 9.71. The van der Waals surface area contributed by atoms with Crippen molar-refractivity contribution in [3.8, 4) is 0 Å². The van der Waals surface area contributed by atoms with E-state index in [2.05, 4.69) is 10.2 Å². The maximum atomic E-state index is 12.8. The van der Waals surface area contributed by atoms with Crippen molar-refractivity contribution in [1.29, 1.82) is 0 Å². The van der Waals surface area contributed by atoms with Crippen LogP contribution < -0.4 is 5.32 Å². The van der Waals surface area contributed by atoms with Crippen LogP contribution >= 0.6 is 0 Å². The molecule has 8 nitrogen and oxygen atoms in total. The minimum absolute atomic E-state index is 0.0534. The van der Waals surface area contributed by atoms with Gasteiger partial charge in [0.05, 0.1) is 19.8 Å². The average Bonchev–Trinajstić information content (AvgIpc) is 2.63. The number of carbonyl (C=O) groups excluding carboxylic acids is 1. The molecule has 0 aromatic carbocycles. The average molecular weight is 383 g/mol. The molecule has 2 amide bonds. The maximum Gasteiger partial charge on any atom is 0.317 e. The van der Waals surface area contributed by atoms with E-state index in [1.54, 1.807) is 0 Å². The van der Waals surface area contributed by atoms with Gasteiger partial charge in [0.1, 0.15) is 0 Å². The number of hydrogen-bond acceptors (Lipinski definition) is 5. The zero-order valence-corrected chi connectivity index (χ0v) is 16.4. The van der Waals surface area contributed by atoms with E-state index in [4.69, 9.17) is 9.84 Å². The lowest BCUT2D eigenvalue weighted by molar-refractivity contribution is -0.139. The number of carboxylic acid groups (broad SMARTS) is 1. The minimum Gasteiger partial charge on any atom is -0.480 e. The molecule has 1 atom stereocenters. The Morgan fingerprint density at radius 3 is 2.59 bits per heavy atom. The van der Waals surface area contributed by atoms with Gasteiger partial charge in [0.15, 0.2) is 0 Å². The number of nitrogens with one attached hydrogen (secondary N) is 1. The topological polar surface area (TPSA) is 85.4 Å². The molecule has 0 bridgehead atoms. The van der Waals surface area contributed by atoms with Gasteiger partial charge in [-0.3, -0.25) is 14.6 Å². The van der Waals surface area contributed by atoms with E-state index < -0.39 is 5.97 Å². The zero-order valence-electron chi connectivity index (χ0n) is 16.4. The van der Waals surface area contributed by atoms with Gasteiger partial charge < -0.3 is 20.1 Å². The second-order valence-corrected chi connectivity index (χ2v) is 7.98. The van der Waals surface area contributed by atoms with Crippen LogP contribution in [0.5, 0.6) is 0 Å². The Morgan fingerprint density at radius 2 is 1.93 bits per heavy atom. The fraction of sp³-hybridized carbons (Fsp3) is 0.895. The van der Waals surface area contributed by atoms with Gasteiger partial charge in [-0.05, 0) is 38.6 Å². The van der Waals surface area contributed by atoms with Crippen LogP contribution in [0.1, 0.15) is 39.0 Å². The number of amides is 2. The number of hydrogen-bond donors (Lipinski definition) is 2. The van der Waals surface area contributed by atoms with Crippen LogP contribution in [-0.4, -0.2) is 102 Å². The summed E-state index contributed by atoms with van der Waals surface area (Å²) < 4.78 is 5.43. The van der Waals surface area contributed by atoms with Gasteiger partial charge in [-0.25, -0.2) is 4.79 Å². The van der Waals surface area contributed by atoms with Gasteiger partial charge in [0, 0.05) is 44.3 Å². The van der Waals surface area contributed by atoms with Crippen molar-refractivity contribution >= 4 is 12.0 Å². The van der Waals surface area contributed by atoms with E-state index in [1.807, 2.05) is 16.7 Å². The first-order chi connectivity index (χ1) is 13.1. The molecule has 0 aromatic heterocycles. The molecule has 1 aliphatic carbocycles. The molecule has 1 unspecified atom stereocenters. The van der Waals surface area contributed by atoms with Crippen LogP contribution in [0.3, 0.4) is 0 Å². The summed E-state index contributed by atoms with van der Waals surface area (Å²) in [6.45, 7) is 8.03. The van der Waals surface area contributed by atoms with E-state index in [1.165, 1.54) is 6.42 Å². The summed E-state index contributed by atoms with van der Waals surface area (Å²) >= 11 is 0. The number of rotatable bonds is 7. The number of carbonyl (C=O) groups is 2. The molecule has 3 aliphatic rings. The predicted molar refractivity (Wildman–Crippen MR) is 102 cm³/mol. The summed E-state index contributed by atoms with van der Waals surface area (Å²) in [5.41, 5.74) is 0. The van der Waals surface area contributed by atoms with Crippen molar-refractivity contribution in [2.75, 3.05) is 52.5 Å². The van der Waals surface area contributed by atoms with Crippen LogP contribution in [-0.2, 0) is 9.53 Å². The van der Waals surface area contributed by atoms with Crippen LogP contribution in [0.25, 0.3) is 0 Å². The molecule has 27 heavy (non-hydrogen) atoms. The first-order valence-electron chi connectivity index (χ1n) is 10.4. The number of nitrogens with zero attached hydrogens (tertiary/aromatic N) is 3. The maximum absolute atomic E-state index is 12.8.